The van der Waals surface area contributed by atoms with Crippen molar-refractivity contribution in [3.05, 3.63) is 40.4 Å². The van der Waals surface area contributed by atoms with Crippen LogP contribution in [-0.4, -0.2) is 36.3 Å². The third-order valence-corrected chi connectivity index (χ3v) is 3.18. The maximum absolute atomic E-state index is 12.4. The maximum atomic E-state index is 12.4. The van der Waals surface area contributed by atoms with Gasteiger partial charge in [0.1, 0.15) is 11.2 Å². The van der Waals surface area contributed by atoms with Crippen LogP contribution < -0.4 is 10.9 Å². The minimum Gasteiger partial charge on any atom is -0.370 e. The number of nitrogens with one attached hydrogen (secondary N) is 1. The van der Waals surface area contributed by atoms with E-state index in [4.69, 9.17) is 0 Å². The zero-order valence-electron chi connectivity index (χ0n) is 11.8. The van der Waals surface area contributed by atoms with E-state index in [9.17, 15) is 4.79 Å². The molecule has 0 bridgehead atoms. The predicted octanol–water partition coefficient (Wildman–Crippen LogP) is 0.400. The van der Waals surface area contributed by atoms with Crippen molar-refractivity contribution in [3.63, 3.8) is 0 Å². The van der Waals surface area contributed by atoms with Crippen molar-refractivity contribution in [2.75, 3.05) is 11.9 Å². The molecule has 0 aromatic carbocycles. The smallest absolute Gasteiger partial charge is 0.281 e. The molecule has 0 aliphatic carbocycles. The first-order chi connectivity index (χ1) is 10.2. The second-order valence-corrected chi connectivity index (χ2v) is 4.60. The molecule has 3 aromatic heterocycles. The highest BCUT2D eigenvalue weighted by molar-refractivity contribution is 5.72. The van der Waals surface area contributed by atoms with Gasteiger partial charge < -0.3 is 5.32 Å². The fourth-order valence-corrected chi connectivity index (χ4v) is 2.13. The standard InChI is InChI=1S/C13H15N7O/c1-3-14-11-9(5-4-6-15-11)8-20-13(21)10-7-16-19(2)12(10)17-18-20/h4-7H,3,8H2,1-2H3,(H,14,15). The van der Waals surface area contributed by atoms with Gasteiger partial charge in [0.05, 0.1) is 12.7 Å². The van der Waals surface area contributed by atoms with E-state index >= 15 is 0 Å². The Morgan fingerprint density at radius 3 is 3.05 bits per heavy atom. The van der Waals surface area contributed by atoms with E-state index in [0.717, 1.165) is 17.9 Å². The number of nitrogens with zero attached hydrogens (tertiary/aromatic N) is 6. The first-order valence-electron chi connectivity index (χ1n) is 6.64. The minimum absolute atomic E-state index is 0.209. The first kappa shape index (κ1) is 13.2. The lowest BCUT2D eigenvalue weighted by Gasteiger charge is -2.09. The summed E-state index contributed by atoms with van der Waals surface area (Å²) >= 11 is 0. The summed E-state index contributed by atoms with van der Waals surface area (Å²) < 4.78 is 2.85. The van der Waals surface area contributed by atoms with Crippen molar-refractivity contribution < 1.29 is 0 Å². The van der Waals surface area contributed by atoms with Crippen LogP contribution in [0.5, 0.6) is 0 Å². The van der Waals surface area contributed by atoms with Gasteiger partial charge >= 0.3 is 0 Å². The predicted molar refractivity (Wildman–Crippen MR) is 78.1 cm³/mol. The van der Waals surface area contributed by atoms with Gasteiger partial charge in [-0.25, -0.2) is 14.3 Å². The van der Waals surface area contributed by atoms with Crippen LogP contribution >= 0.6 is 0 Å². The molecule has 0 amide bonds. The minimum atomic E-state index is -0.209. The van der Waals surface area contributed by atoms with Crippen LogP contribution in [0.15, 0.2) is 29.3 Å². The van der Waals surface area contributed by atoms with Crippen LogP contribution in [0.2, 0.25) is 0 Å². The number of aryl methyl sites for hydroxylation is 1. The molecule has 1 N–H and O–H groups in total. The van der Waals surface area contributed by atoms with Gasteiger partial charge in [0.2, 0.25) is 0 Å². The lowest BCUT2D eigenvalue weighted by Crippen LogP contribution is -2.25. The van der Waals surface area contributed by atoms with Gasteiger partial charge in [0.15, 0.2) is 5.65 Å². The molecule has 0 unspecified atom stereocenters. The Morgan fingerprint density at radius 2 is 2.24 bits per heavy atom. The van der Waals surface area contributed by atoms with Crippen molar-refractivity contribution in [1.82, 2.24) is 29.8 Å². The third kappa shape index (κ3) is 2.35. The lowest BCUT2D eigenvalue weighted by atomic mass is 10.2. The molecule has 0 atom stereocenters. The van der Waals surface area contributed by atoms with Crippen molar-refractivity contribution in [2.45, 2.75) is 13.5 Å². The zero-order chi connectivity index (χ0) is 14.8. The first-order valence-corrected chi connectivity index (χ1v) is 6.64. The summed E-state index contributed by atoms with van der Waals surface area (Å²) in [6.07, 6.45) is 3.22. The molecule has 3 aromatic rings. The van der Waals surface area contributed by atoms with Crippen LogP contribution in [0.3, 0.4) is 0 Å². The van der Waals surface area contributed by atoms with Gasteiger partial charge in [-0.2, -0.15) is 5.10 Å². The molecule has 3 rings (SSSR count). The van der Waals surface area contributed by atoms with Crippen LogP contribution in [0.1, 0.15) is 12.5 Å². The van der Waals surface area contributed by atoms with Crippen molar-refractivity contribution in [2.24, 2.45) is 7.05 Å². The number of pyridine rings is 1. The Morgan fingerprint density at radius 1 is 1.38 bits per heavy atom. The molecule has 108 valence electrons. The Bertz CT molecular complexity index is 836. The molecular weight excluding hydrogens is 270 g/mol. The molecule has 0 fully saturated rings. The molecule has 0 aliphatic rings. The third-order valence-electron chi connectivity index (χ3n) is 3.18. The Labute approximate surface area is 120 Å². The highest BCUT2D eigenvalue weighted by Crippen LogP contribution is 2.12. The normalized spacial score (nSPS) is 11.0. The Kier molecular flexibility index (Phi) is 3.35. The Balaban J connectivity index is 2.03. The summed E-state index contributed by atoms with van der Waals surface area (Å²) in [7, 11) is 1.73. The summed E-state index contributed by atoms with van der Waals surface area (Å²) in [6.45, 7) is 3.06. The topological polar surface area (TPSA) is 90.5 Å². The number of anilines is 1. The molecule has 8 heteroatoms. The van der Waals surface area contributed by atoms with E-state index in [0.29, 0.717) is 17.6 Å². The quantitative estimate of drug-likeness (QED) is 0.746. The molecular formula is C13H15N7O. The molecule has 0 aliphatic heterocycles. The average molecular weight is 285 g/mol. The highest BCUT2D eigenvalue weighted by atomic mass is 16.1. The molecule has 0 saturated heterocycles. The van der Waals surface area contributed by atoms with Crippen molar-refractivity contribution >= 4 is 16.9 Å². The van der Waals surface area contributed by atoms with E-state index in [-0.39, 0.29) is 5.56 Å². The van der Waals surface area contributed by atoms with Crippen LogP contribution in [0.4, 0.5) is 5.82 Å². The van der Waals surface area contributed by atoms with E-state index in [2.05, 4.69) is 25.7 Å². The van der Waals surface area contributed by atoms with E-state index in [1.807, 2.05) is 19.1 Å². The molecule has 3 heterocycles. The summed E-state index contributed by atoms with van der Waals surface area (Å²) in [4.78, 5) is 16.7. The van der Waals surface area contributed by atoms with Gasteiger partial charge in [0, 0.05) is 25.4 Å². The summed E-state index contributed by atoms with van der Waals surface area (Å²) in [5, 5.41) is 15.7. The number of fused-ring (bicyclic) bond motifs is 1. The SMILES string of the molecule is CCNc1ncccc1Cn1nnc2c(cnn2C)c1=O. The summed E-state index contributed by atoms with van der Waals surface area (Å²) in [6, 6.07) is 3.74. The average Bonchev–Trinajstić information content (AvgIpc) is 2.86. The van der Waals surface area contributed by atoms with E-state index in [1.54, 1.807) is 13.2 Å². The molecule has 0 radical (unpaired) electrons. The number of hydrogen-bond donors (Lipinski definition) is 1. The van der Waals surface area contributed by atoms with Gasteiger partial charge in [0.25, 0.3) is 5.56 Å². The van der Waals surface area contributed by atoms with E-state index < -0.39 is 0 Å². The van der Waals surface area contributed by atoms with E-state index in [1.165, 1.54) is 15.6 Å². The summed E-state index contributed by atoms with van der Waals surface area (Å²) in [5.74, 6) is 0.750. The molecule has 8 nitrogen and oxygen atoms in total. The zero-order valence-corrected chi connectivity index (χ0v) is 11.8. The Hall–Kier alpha value is -2.77. The number of rotatable bonds is 4. The van der Waals surface area contributed by atoms with Gasteiger partial charge in [-0.05, 0) is 13.0 Å². The number of hydrogen-bond acceptors (Lipinski definition) is 6. The fourth-order valence-electron chi connectivity index (χ4n) is 2.13. The van der Waals surface area contributed by atoms with Gasteiger partial charge in [-0.3, -0.25) is 4.79 Å². The number of aromatic nitrogens is 6. The summed E-state index contributed by atoms with van der Waals surface area (Å²) in [5.41, 5.74) is 1.16. The van der Waals surface area contributed by atoms with Gasteiger partial charge in [-0.1, -0.05) is 11.3 Å². The molecule has 0 saturated carbocycles. The lowest BCUT2D eigenvalue weighted by molar-refractivity contribution is 0.595. The van der Waals surface area contributed by atoms with Crippen LogP contribution in [0, 0.1) is 0 Å². The second kappa shape index (κ2) is 5.31. The molecule has 21 heavy (non-hydrogen) atoms. The van der Waals surface area contributed by atoms with Gasteiger partial charge in [-0.15, -0.1) is 5.10 Å². The van der Waals surface area contributed by atoms with Crippen LogP contribution in [0.25, 0.3) is 11.0 Å². The van der Waals surface area contributed by atoms with Crippen molar-refractivity contribution in [1.29, 1.82) is 0 Å². The fraction of sp³-hybridized carbons (Fsp3) is 0.308. The monoisotopic (exact) mass is 285 g/mol. The largest absolute Gasteiger partial charge is 0.370 e. The van der Waals surface area contributed by atoms with Crippen molar-refractivity contribution in [3.8, 4) is 0 Å². The van der Waals surface area contributed by atoms with Crippen LogP contribution in [-0.2, 0) is 13.6 Å². The molecule has 0 spiro atoms. The highest BCUT2D eigenvalue weighted by Gasteiger charge is 2.11. The maximum Gasteiger partial charge on any atom is 0.281 e. The second-order valence-electron chi connectivity index (χ2n) is 4.60.